The third-order valence-electron chi connectivity index (χ3n) is 10.9. The van der Waals surface area contributed by atoms with E-state index in [4.69, 9.17) is 13.3 Å². The zero-order valence-corrected chi connectivity index (χ0v) is 74.6. The van der Waals surface area contributed by atoms with E-state index >= 15 is 0 Å². The second-order valence-corrected chi connectivity index (χ2v) is 24.1. The Morgan fingerprint density at radius 2 is 0.950 bits per heavy atom. The van der Waals surface area contributed by atoms with Gasteiger partial charge in [-0.2, -0.15) is 14.6 Å². The van der Waals surface area contributed by atoms with Crippen molar-refractivity contribution < 1.29 is 13.3 Å². The van der Waals surface area contributed by atoms with Crippen molar-refractivity contribution in [3.63, 3.8) is 0 Å². The molecule has 0 aliphatic carbocycles. The van der Waals surface area contributed by atoms with Crippen molar-refractivity contribution in [2.45, 2.75) is 330 Å². The second kappa shape index (κ2) is 89.1. The average Bonchev–Trinajstić information content (AvgIpc) is 3.90. The van der Waals surface area contributed by atoms with Gasteiger partial charge in [0.2, 0.25) is 0 Å². The average molecular weight is 1470 g/mol. The molecule has 1 aliphatic rings. The van der Waals surface area contributed by atoms with E-state index in [0.29, 0.717) is 59.2 Å². The lowest BCUT2D eigenvalue weighted by Crippen LogP contribution is -1.90. The molecule has 15 nitrogen and oxygen atoms in total. The van der Waals surface area contributed by atoms with E-state index in [2.05, 4.69) is 207 Å². The van der Waals surface area contributed by atoms with Crippen LogP contribution in [0, 0.1) is 5.92 Å². The Labute approximate surface area is 632 Å². The summed E-state index contributed by atoms with van der Waals surface area (Å²) in [5, 5.41) is 19.6. The van der Waals surface area contributed by atoms with Crippen LogP contribution in [0.25, 0.3) is 0 Å². The quantitative estimate of drug-likeness (QED) is 0.131. The predicted octanol–water partition coefficient (Wildman–Crippen LogP) is 29.4. The maximum Gasteiger partial charge on any atom is 0.196 e. The van der Waals surface area contributed by atoms with Gasteiger partial charge in [0.25, 0.3) is 0 Å². The molecule has 0 unspecified atom stereocenters. The van der Waals surface area contributed by atoms with Crippen molar-refractivity contribution in [3.8, 4) is 0 Å². The zero-order chi connectivity index (χ0) is 79.8. The molecule has 9 aromatic rings. The molecule has 10 rings (SSSR count). The third kappa shape index (κ3) is 70.4. The van der Waals surface area contributed by atoms with Crippen LogP contribution in [0.5, 0.6) is 0 Å². The summed E-state index contributed by atoms with van der Waals surface area (Å²) in [5.74, 6) is 7.33. The molecular weight excluding hydrogens is 1320 g/mol. The van der Waals surface area contributed by atoms with Crippen LogP contribution >= 0.6 is 45.7 Å². The summed E-state index contributed by atoms with van der Waals surface area (Å²) in [6.07, 6.45) is 21.1. The van der Waals surface area contributed by atoms with Crippen molar-refractivity contribution in [1.82, 2.24) is 54.1 Å². The predicted molar refractivity (Wildman–Crippen MR) is 452 cm³/mol. The fourth-order valence-corrected chi connectivity index (χ4v) is 8.21. The van der Waals surface area contributed by atoms with Gasteiger partial charge in [-0.25, -0.2) is 24.3 Å². The summed E-state index contributed by atoms with van der Waals surface area (Å²) < 4.78 is 22.9. The minimum atomic E-state index is 0.407. The number of H-pyrrole nitrogens is 2. The highest BCUT2D eigenvalue weighted by Gasteiger charge is 2.04. The topological polar surface area (TPSA) is 199 Å². The second-order valence-electron chi connectivity index (χ2n) is 21.2. The Hall–Kier alpha value is -6.02. The number of hydrogen-bond donors (Lipinski definition) is 2. The summed E-state index contributed by atoms with van der Waals surface area (Å²) in [7, 11) is 0. The first-order valence-electron chi connectivity index (χ1n) is 37.4. The van der Waals surface area contributed by atoms with E-state index < -0.39 is 0 Å². The van der Waals surface area contributed by atoms with Crippen molar-refractivity contribution >= 4 is 52.0 Å². The Morgan fingerprint density at radius 3 is 1.13 bits per heavy atom. The van der Waals surface area contributed by atoms with Crippen LogP contribution in [0.3, 0.4) is 0 Å². The number of aromatic amines is 2. The number of rotatable bonds is 10. The van der Waals surface area contributed by atoms with Crippen molar-refractivity contribution in [2.24, 2.45) is 10.9 Å². The number of thiazole rings is 2. The summed E-state index contributed by atoms with van der Waals surface area (Å²) in [5.41, 5.74) is 12.3. The molecule has 0 amide bonds. The Kier molecular flexibility index (Phi) is 103. The van der Waals surface area contributed by atoms with Gasteiger partial charge in [0.1, 0.15) is 18.3 Å². The SMILES string of the molecule is CC.CC.CC.CC.CC.CC.CC.CC.CC.CC.CC(C)C1=CCN=C1.CC(C)c1ccn[nH]1.CC(C)c1ccn[nH]1.CC(C)c1ccsn1.CC(C)c1cnco1.CC(C)c1cncs1.CC(C)c1cnsc1.CC(C)c1cocn1.CC(C)c1cscn1.CC(C)c1ncco1. The highest BCUT2D eigenvalue weighted by atomic mass is 32.1. The number of aromatic nitrogens is 11. The van der Waals surface area contributed by atoms with Gasteiger partial charge in [-0.15, -0.1) is 22.7 Å². The fraction of sp³-hybridized carbons (Fsp3) is 0.630. The third-order valence-corrected chi connectivity index (χ3v) is 13.7. The van der Waals surface area contributed by atoms with Crippen molar-refractivity contribution in [3.05, 3.63) is 170 Å². The number of oxazole rings is 3. The van der Waals surface area contributed by atoms with E-state index in [-0.39, 0.29) is 0 Å². The highest BCUT2D eigenvalue weighted by Crippen LogP contribution is 2.18. The molecule has 19 heteroatoms. The largest absolute Gasteiger partial charge is 0.451 e. The smallest absolute Gasteiger partial charge is 0.196 e. The summed E-state index contributed by atoms with van der Waals surface area (Å²) in [6, 6.07) is 6.05. The summed E-state index contributed by atoms with van der Waals surface area (Å²) in [4.78, 5) is 25.2. The van der Waals surface area contributed by atoms with Gasteiger partial charge < -0.3 is 13.3 Å². The molecule has 0 bridgehead atoms. The lowest BCUT2D eigenvalue weighted by Gasteiger charge is -1.98. The first-order valence-corrected chi connectivity index (χ1v) is 40.9. The Bertz CT molecular complexity index is 2150. The molecule has 0 aromatic carbocycles. The molecule has 0 atom stereocenters. The maximum absolute atomic E-state index is 4.98. The monoisotopic (exact) mass is 1470 g/mol. The first-order chi connectivity index (χ1) is 48.0. The van der Waals surface area contributed by atoms with Gasteiger partial charge in [-0.05, 0) is 99.7 Å². The van der Waals surface area contributed by atoms with Gasteiger partial charge >= 0.3 is 0 Å². The van der Waals surface area contributed by atoms with Crippen LogP contribution < -0.4 is 0 Å². The minimum Gasteiger partial charge on any atom is -0.451 e. The van der Waals surface area contributed by atoms with E-state index in [1.807, 2.05) is 199 Å². The molecule has 1 aliphatic heterocycles. The lowest BCUT2D eigenvalue weighted by molar-refractivity contribution is 0.471. The fourth-order valence-electron chi connectivity index (χ4n) is 5.50. The highest BCUT2D eigenvalue weighted by molar-refractivity contribution is 7.09. The van der Waals surface area contributed by atoms with E-state index in [1.54, 1.807) is 60.0 Å². The Balaban J connectivity index is -0.000000109. The molecule has 0 fully saturated rings. The first kappa shape index (κ1) is 115. The maximum atomic E-state index is 4.98. The molecule has 2 N–H and O–H groups in total. The molecule has 0 radical (unpaired) electrons. The van der Waals surface area contributed by atoms with E-state index in [0.717, 1.165) is 23.9 Å². The van der Waals surface area contributed by atoms with Crippen LogP contribution in [0.2, 0.25) is 0 Å². The molecule has 0 saturated heterocycles. The van der Waals surface area contributed by atoms with E-state index in [1.165, 1.54) is 74.6 Å². The number of nitrogens with one attached hydrogen (secondary N) is 2. The van der Waals surface area contributed by atoms with Crippen LogP contribution in [0.1, 0.15) is 381 Å². The molecular formula is C81H154N12O3S4. The molecule has 580 valence electrons. The zero-order valence-electron chi connectivity index (χ0n) is 71.4. The van der Waals surface area contributed by atoms with Crippen LogP contribution in [0.4, 0.5) is 0 Å². The van der Waals surface area contributed by atoms with Gasteiger partial charge in [0.15, 0.2) is 18.7 Å². The van der Waals surface area contributed by atoms with Gasteiger partial charge in [0.05, 0.1) is 47.0 Å². The van der Waals surface area contributed by atoms with E-state index in [9.17, 15) is 0 Å². The lowest BCUT2D eigenvalue weighted by atomic mass is 10.1. The molecule has 0 saturated carbocycles. The summed E-state index contributed by atoms with van der Waals surface area (Å²) in [6.45, 7) is 83.5. The molecule has 10 heterocycles. The normalized spacial score (nSPS) is 9.48. The Morgan fingerprint density at radius 1 is 0.430 bits per heavy atom. The molecule has 100 heavy (non-hydrogen) atoms. The number of hydrogen-bond acceptors (Lipinski definition) is 17. The van der Waals surface area contributed by atoms with Crippen LogP contribution in [-0.2, 0) is 0 Å². The number of nitrogens with zero attached hydrogens (tertiary/aromatic N) is 10. The standard InChI is InChI=1S/C7H11N.2C6H10N2.3C6H9NO.4C6H9NS.10C2H6/c1-6(2)7-3-4-8-5-7;2*1-5(2)6-3-4-7-8-6;1-5(2)6-3-8-4-7-6;1-5(2)6-3-7-4-8-6;1-5(2)6-7-3-4-8-6;1-5(2)6-3-8-4-7-6;1-5(2)6-3-7-4-8-6;1-5(2)6-3-7-8-4-6;1-5(2)6-3-4-8-7-6;10*1-2/h3,5-6H,4H2,1-2H3;2*3-5H,1-2H3,(H,7,8);7*3-5H,1-2H3;10*1-2H3. The number of allylic oxidation sites excluding steroid dienone is 1. The van der Waals surface area contributed by atoms with Crippen molar-refractivity contribution in [1.29, 1.82) is 0 Å². The van der Waals surface area contributed by atoms with Gasteiger partial charge in [-0.3, -0.25) is 20.2 Å². The number of aliphatic imine (C=N–C) groups is 1. The minimum absolute atomic E-state index is 0.407. The van der Waals surface area contributed by atoms with Crippen molar-refractivity contribution in [2.75, 3.05) is 6.54 Å². The molecule has 9 aromatic heterocycles. The van der Waals surface area contributed by atoms with Crippen LogP contribution in [-0.4, -0.2) is 66.8 Å². The van der Waals surface area contributed by atoms with Crippen LogP contribution in [0.15, 0.2) is 138 Å². The van der Waals surface area contributed by atoms with Gasteiger partial charge in [-0.1, -0.05) is 283 Å². The molecule has 0 spiro atoms. The summed E-state index contributed by atoms with van der Waals surface area (Å²) >= 11 is 6.41. The van der Waals surface area contributed by atoms with Gasteiger partial charge in [0, 0.05) is 75.2 Å².